The molecule has 0 bridgehead atoms. The number of imide groups is 1. The smallest absolute Gasteiger partial charge is 0.321 e. The van der Waals surface area contributed by atoms with Crippen molar-refractivity contribution in [2.45, 2.75) is 36.2 Å². The Morgan fingerprint density at radius 1 is 1.48 bits per heavy atom. The number of hydrogen-bond donors (Lipinski definition) is 3. The Morgan fingerprint density at radius 3 is 2.91 bits per heavy atom. The molecule has 2 aromatic heterocycles. The van der Waals surface area contributed by atoms with E-state index in [0.717, 1.165) is 24.6 Å². The lowest BCUT2D eigenvalue weighted by Crippen LogP contribution is -2.43. The van der Waals surface area contributed by atoms with Gasteiger partial charge in [0.2, 0.25) is 16.9 Å². The first-order valence-electron chi connectivity index (χ1n) is 7.07. The van der Waals surface area contributed by atoms with E-state index >= 15 is 0 Å². The number of rotatable bonds is 5. The SMILES string of the molecule is CC(Sc1nnc(-c2ccco2)n1N)C(=O)NC(=O)NC1CC1. The molecule has 2 heterocycles. The molecule has 3 amide bonds. The first-order chi connectivity index (χ1) is 11.0. The Kier molecular flexibility index (Phi) is 4.24. The van der Waals surface area contributed by atoms with Crippen LogP contribution >= 0.6 is 11.8 Å². The molecule has 9 nitrogen and oxygen atoms in total. The van der Waals surface area contributed by atoms with Crippen LogP contribution in [0.2, 0.25) is 0 Å². The predicted octanol–water partition coefficient (Wildman–Crippen LogP) is 0.721. The van der Waals surface area contributed by atoms with Crippen LogP contribution in [0.5, 0.6) is 0 Å². The highest BCUT2D eigenvalue weighted by Gasteiger charge is 2.26. The van der Waals surface area contributed by atoms with Crippen molar-refractivity contribution in [3.63, 3.8) is 0 Å². The first kappa shape index (κ1) is 15.4. The first-order valence-corrected chi connectivity index (χ1v) is 7.95. The topological polar surface area (TPSA) is 128 Å². The number of amides is 3. The van der Waals surface area contributed by atoms with Gasteiger partial charge < -0.3 is 15.6 Å². The summed E-state index contributed by atoms with van der Waals surface area (Å²) in [5.41, 5.74) is 0. The summed E-state index contributed by atoms with van der Waals surface area (Å²) in [5.74, 6) is 6.33. The third kappa shape index (κ3) is 3.65. The highest BCUT2D eigenvalue weighted by atomic mass is 32.2. The van der Waals surface area contributed by atoms with E-state index in [-0.39, 0.29) is 6.04 Å². The average molecular weight is 336 g/mol. The minimum absolute atomic E-state index is 0.189. The van der Waals surface area contributed by atoms with E-state index in [9.17, 15) is 9.59 Å². The molecule has 4 N–H and O–H groups in total. The van der Waals surface area contributed by atoms with E-state index < -0.39 is 17.2 Å². The predicted molar refractivity (Wildman–Crippen MR) is 82.9 cm³/mol. The lowest BCUT2D eigenvalue weighted by Gasteiger charge is -2.11. The van der Waals surface area contributed by atoms with E-state index in [0.29, 0.717) is 16.7 Å². The van der Waals surface area contributed by atoms with E-state index in [1.54, 1.807) is 19.1 Å². The minimum atomic E-state index is -0.559. The van der Waals surface area contributed by atoms with Gasteiger partial charge in [0.05, 0.1) is 11.5 Å². The lowest BCUT2D eigenvalue weighted by molar-refractivity contribution is -0.119. The molecule has 1 atom stereocenters. The molecule has 1 saturated carbocycles. The van der Waals surface area contributed by atoms with Crippen LogP contribution in [-0.2, 0) is 4.79 Å². The molecule has 0 spiro atoms. The second-order valence-electron chi connectivity index (χ2n) is 5.15. The van der Waals surface area contributed by atoms with Crippen molar-refractivity contribution in [2.75, 3.05) is 5.84 Å². The number of nitrogens with zero attached hydrogens (tertiary/aromatic N) is 3. The molecular weight excluding hydrogens is 320 g/mol. The molecule has 1 aliphatic carbocycles. The fraction of sp³-hybridized carbons (Fsp3) is 0.385. The molecule has 122 valence electrons. The summed E-state index contributed by atoms with van der Waals surface area (Å²) in [4.78, 5) is 23.6. The molecule has 1 unspecified atom stereocenters. The molecule has 1 aliphatic rings. The van der Waals surface area contributed by atoms with E-state index in [1.165, 1.54) is 10.9 Å². The summed E-state index contributed by atoms with van der Waals surface area (Å²) in [5, 5.41) is 12.7. The van der Waals surface area contributed by atoms with Crippen LogP contribution in [0.3, 0.4) is 0 Å². The summed E-state index contributed by atoms with van der Waals surface area (Å²) >= 11 is 1.10. The van der Waals surface area contributed by atoms with Crippen molar-refractivity contribution in [1.29, 1.82) is 0 Å². The second-order valence-corrected chi connectivity index (χ2v) is 6.46. The summed E-state index contributed by atoms with van der Waals surface area (Å²) < 4.78 is 6.46. The maximum absolute atomic E-state index is 12.0. The summed E-state index contributed by atoms with van der Waals surface area (Å²) in [6.45, 7) is 1.66. The molecule has 1 fully saturated rings. The van der Waals surface area contributed by atoms with Crippen LogP contribution in [0.1, 0.15) is 19.8 Å². The maximum atomic E-state index is 12.0. The zero-order valence-corrected chi connectivity index (χ0v) is 13.2. The number of nitrogens with one attached hydrogen (secondary N) is 2. The number of carbonyl (C=O) groups is 2. The van der Waals surface area contributed by atoms with E-state index in [4.69, 9.17) is 10.3 Å². The molecule has 2 aromatic rings. The number of aromatic nitrogens is 3. The van der Waals surface area contributed by atoms with Gasteiger partial charge in [0.25, 0.3) is 0 Å². The van der Waals surface area contributed by atoms with Gasteiger partial charge in [0.1, 0.15) is 0 Å². The number of nitrogens with two attached hydrogens (primary N) is 1. The Labute approximate surface area is 136 Å². The van der Waals surface area contributed by atoms with Gasteiger partial charge in [0, 0.05) is 6.04 Å². The molecule has 0 saturated heterocycles. The largest absolute Gasteiger partial charge is 0.461 e. The Balaban J connectivity index is 1.60. The third-order valence-corrected chi connectivity index (χ3v) is 4.26. The molecule has 0 aliphatic heterocycles. The summed E-state index contributed by atoms with van der Waals surface area (Å²) in [6.07, 6.45) is 3.42. The van der Waals surface area contributed by atoms with Gasteiger partial charge in [-0.3, -0.25) is 10.1 Å². The summed E-state index contributed by atoms with van der Waals surface area (Å²) in [7, 11) is 0. The molecule has 10 heteroatoms. The van der Waals surface area contributed by atoms with Gasteiger partial charge in [-0.15, -0.1) is 10.2 Å². The van der Waals surface area contributed by atoms with E-state index in [1.807, 2.05) is 0 Å². The maximum Gasteiger partial charge on any atom is 0.321 e. The number of thioether (sulfide) groups is 1. The lowest BCUT2D eigenvalue weighted by atomic mass is 10.4. The Morgan fingerprint density at radius 2 is 2.26 bits per heavy atom. The van der Waals surface area contributed by atoms with Crippen molar-refractivity contribution in [2.24, 2.45) is 0 Å². The van der Waals surface area contributed by atoms with Crippen molar-refractivity contribution >= 4 is 23.7 Å². The van der Waals surface area contributed by atoms with Gasteiger partial charge in [-0.1, -0.05) is 11.8 Å². The third-order valence-electron chi connectivity index (χ3n) is 3.21. The van der Waals surface area contributed by atoms with Gasteiger partial charge in [0.15, 0.2) is 5.76 Å². The van der Waals surface area contributed by atoms with Crippen molar-refractivity contribution < 1.29 is 14.0 Å². The number of carbonyl (C=O) groups excluding carboxylic acids is 2. The normalized spacial score (nSPS) is 15.2. The zero-order chi connectivity index (χ0) is 16.4. The van der Waals surface area contributed by atoms with Crippen molar-refractivity contribution in [3.05, 3.63) is 18.4 Å². The van der Waals surface area contributed by atoms with Crippen LogP contribution < -0.4 is 16.5 Å². The van der Waals surface area contributed by atoms with Crippen molar-refractivity contribution in [3.8, 4) is 11.6 Å². The van der Waals surface area contributed by atoms with Crippen LogP contribution in [0.4, 0.5) is 4.79 Å². The monoisotopic (exact) mass is 336 g/mol. The van der Waals surface area contributed by atoms with Crippen LogP contribution in [0.25, 0.3) is 11.6 Å². The fourth-order valence-electron chi connectivity index (χ4n) is 1.81. The number of urea groups is 1. The molecule has 0 aromatic carbocycles. The standard InChI is InChI=1S/C13H16N6O3S/c1-7(11(20)16-12(21)15-8-4-5-8)23-13-18-17-10(19(13)14)9-3-2-6-22-9/h2-3,6-8H,4-5,14H2,1H3,(H2,15,16,20,21). The number of hydrogen-bond acceptors (Lipinski definition) is 7. The number of furan rings is 1. The molecule has 3 rings (SSSR count). The van der Waals surface area contributed by atoms with Crippen molar-refractivity contribution in [1.82, 2.24) is 25.5 Å². The van der Waals surface area contributed by atoms with Gasteiger partial charge in [-0.05, 0) is 31.9 Å². The van der Waals surface area contributed by atoms with Gasteiger partial charge >= 0.3 is 6.03 Å². The molecule has 0 radical (unpaired) electrons. The zero-order valence-electron chi connectivity index (χ0n) is 12.4. The van der Waals surface area contributed by atoms with Gasteiger partial charge in [-0.25, -0.2) is 9.47 Å². The van der Waals surface area contributed by atoms with Gasteiger partial charge in [-0.2, -0.15) is 0 Å². The summed E-state index contributed by atoms with van der Waals surface area (Å²) in [6, 6.07) is 3.13. The Hall–Kier alpha value is -2.49. The number of nitrogen functional groups attached to an aromatic ring is 1. The Bertz CT molecular complexity index is 709. The quantitative estimate of drug-likeness (QED) is 0.542. The fourth-order valence-corrected chi connectivity index (χ4v) is 2.58. The highest BCUT2D eigenvalue weighted by molar-refractivity contribution is 8.00. The molecule has 23 heavy (non-hydrogen) atoms. The van der Waals surface area contributed by atoms with Crippen LogP contribution in [0.15, 0.2) is 28.0 Å². The van der Waals surface area contributed by atoms with Crippen LogP contribution in [0, 0.1) is 0 Å². The second kappa shape index (κ2) is 6.32. The van der Waals surface area contributed by atoms with E-state index in [2.05, 4.69) is 20.8 Å². The highest BCUT2D eigenvalue weighted by Crippen LogP contribution is 2.25. The average Bonchev–Trinajstić information content (AvgIpc) is 3.01. The minimum Gasteiger partial charge on any atom is -0.461 e. The molecular formula is C13H16N6O3S. The van der Waals surface area contributed by atoms with Crippen LogP contribution in [-0.4, -0.2) is 38.1 Å².